The summed E-state index contributed by atoms with van der Waals surface area (Å²) in [5, 5.41) is 10.1. The molecule has 3 rings (SSSR count). The number of para-hydroxylation sites is 2. The summed E-state index contributed by atoms with van der Waals surface area (Å²) in [5.74, 6) is 0.313. The minimum atomic E-state index is 0.0257. The fraction of sp³-hybridized carbons (Fsp3) is 0. The van der Waals surface area contributed by atoms with Crippen LogP contribution in [-0.4, -0.2) is 10.1 Å². The van der Waals surface area contributed by atoms with E-state index in [4.69, 9.17) is 20.8 Å². The molecule has 2 aromatic carbocycles. The van der Waals surface area contributed by atoms with Crippen LogP contribution in [0.25, 0.3) is 11.1 Å². The van der Waals surface area contributed by atoms with E-state index in [1.165, 1.54) is 6.07 Å². The quantitative estimate of drug-likeness (QED) is 0.758. The van der Waals surface area contributed by atoms with E-state index in [0.29, 0.717) is 16.1 Å². The summed E-state index contributed by atoms with van der Waals surface area (Å²) in [5.41, 5.74) is 1.18. The van der Waals surface area contributed by atoms with Gasteiger partial charge in [-0.15, -0.1) is 0 Å². The molecule has 0 atom stereocenters. The van der Waals surface area contributed by atoms with Crippen molar-refractivity contribution in [2.45, 2.75) is 0 Å². The van der Waals surface area contributed by atoms with Crippen LogP contribution >= 0.6 is 11.6 Å². The van der Waals surface area contributed by atoms with Gasteiger partial charge in [-0.2, -0.15) is 4.98 Å². The molecule has 4 nitrogen and oxygen atoms in total. The summed E-state index contributed by atoms with van der Waals surface area (Å²) >= 11 is 5.84. The molecule has 1 heterocycles. The zero-order valence-electron chi connectivity index (χ0n) is 9.13. The van der Waals surface area contributed by atoms with Crippen LogP contribution in [0, 0.1) is 0 Å². The lowest BCUT2D eigenvalue weighted by atomic mass is 10.3. The molecule has 1 N–H and O–H groups in total. The Morgan fingerprint density at radius 1 is 1.17 bits per heavy atom. The van der Waals surface area contributed by atoms with Gasteiger partial charge in [0.1, 0.15) is 5.52 Å². The number of ether oxygens (including phenoxy) is 1. The summed E-state index contributed by atoms with van der Waals surface area (Å²) in [6, 6.07) is 11.7. The largest absolute Gasteiger partial charge is 0.504 e. The second kappa shape index (κ2) is 4.23. The highest BCUT2D eigenvalue weighted by Crippen LogP contribution is 2.31. The molecule has 0 amide bonds. The van der Waals surface area contributed by atoms with Crippen molar-refractivity contribution in [3.05, 3.63) is 47.5 Å². The number of hydrogen-bond acceptors (Lipinski definition) is 4. The number of benzene rings is 2. The molecule has 0 fully saturated rings. The number of halogens is 1. The van der Waals surface area contributed by atoms with Gasteiger partial charge in [-0.3, -0.25) is 0 Å². The highest BCUT2D eigenvalue weighted by molar-refractivity contribution is 6.31. The van der Waals surface area contributed by atoms with Gasteiger partial charge in [0.15, 0.2) is 17.1 Å². The number of hydrogen-bond donors (Lipinski definition) is 1. The Morgan fingerprint density at radius 3 is 2.83 bits per heavy atom. The third kappa shape index (κ3) is 1.98. The van der Waals surface area contributed by atoms with Crippen molar-refractivity contribution < 1.29 is 14.3 Å². The van der Waals surface area contributed by atoms with Crippen molar-refractivity contribution in [3.63, 3.8) is 0 Å². The molecule has 0 aliphatic rings. The summed E-state index contributed by atoms with van der Waals surface area (Å²) in [6.07, 6.45) is 0.0637. The average molecular weight is 262 g/mol. The maximum absolute atomic E-state index is 9.58. The third-order valence-electron chi connectivity index (χ3n) is 2.39. The van der Waals surface area contributed by atoms with Crippen molar-refractivity contribution in [2.24, 2.45) is 0 Å². The van der Waals surface area contributed by atoms with Gasteiger partial charge in [-0.05, 0) is 24.3 Å². The van der Waals surface area contributed by atoms with E-state index >= 15 is 0 Å². The van der Waals surface area contributed by atoms with E-state index < -0.39 is 0 Å². The van der Waals surface area contributed by atoms with Gasteiger partial charge < -0.3 is 14.3 Å². The molecule has 1 aromatic heterocycles. The topological polar surface area (TPSA) is 55.5 Å². The Balaban J connectivity index is 1.98. The lowest BCUT2D eigenvalue weighted by molar-refractivity contribution is 0.325. The summed E-state index contributed by atoms with van der Waals surface area (Å²) < 4.78 is 10.7. The average Bonchev–Trinajstić information content (AvgIpc) is 2.73. The van der Waals surface area contributed by atoms with Gasteiger partial charge in [0.25, 0.3) is 0 Å². The van der Waals surface area contributed by atoms with E-state index in [-0.39, 0.29) is 17.6 Å². The normalized spacial score (nSPS) is 10.7. The predicted molar refractivity (Wildman–Crippen MR) is 67.2 cm³/mol. The number of aromatic hydroxyl groups is 1. The molecular weight excluding hydrogens is 254 g/mol. The van der Waals surface area contributed by atoms with Gasteiger partial charge in [0.05, 0.1) is 0 Å². The van der Waals surface area contributed by atoms with E-state index in [2.05, 4.69) is 4.98 Å². The highest BCUT2D eigenvalue weighted by Gasteiger charge is 2.10. The van der Waals surface area contributed by atoms with Gasteiger partial charge in [-0.25, -0.2) is 0 Å². The van der Waals surface area contributed by atoms with Crippen molar-refractivity contribution in [3.8, 4) is 17.6 Å². The van der Waals surface area contributed by atoms with Crippen LogP contribution < -0.4 is 4.74 Å². The molecule has 0 aliphatic heterocycles. The first-order valence-corrected chi connectivity index (χ1v) is 5.62. The van der Waals surface area contributed by atoms with Crippen molar-refractivity contribution in [2.75, 3.05) is 0 Å². The Hall–Kier alpha value is -2.20. The maximum atomic E-state index is 9.58. The molecule has 3 aromatic rings. The summed E-state index contributed by atoms with van der Waals surface area (Å²) in [4.78, 5) is 4.13. The highest BCUT2D eigenvalue weighted by atomic mass is 35.5. The smallest absolute Gasteiger partial charge is 0.400 e. The summed E-state index contributed by atoms with van der Waals surface area (Å²) in [6.45, 7) is 0. The van der Waals surface area contributed by atoms with Gasteiger partial charge in [0, 0.05) is 11.1 Å². The van der Waals surface area contributed by atoms with Crippen molar-refractivity contribution in [1.29, 1.82) is 0 Å². The number of aromatic nitrogens is 1. The van der Waals surface area contributed by atoms with E-state index in [0.717, 1.165) is 0 Å². The molecule has 0 saturated carbocycles. The van der Waals surface area contributed by atoms with Crippen LogP contribution in [0.1, 0.15) is 0 Å². The fourth-order valence-electron chi connectivity index (χ4n) is 1.56. The molecule has 0 saturated heterocycles. The van der Waals surface area contributed by atoms with Crippen LogP contribution in [-0.2, 0) is 0 Å². The molecular formula is C13H8ClNO3. The molecule has 0 spiro atoms. The van der Waals surface area contributed by atoms with Gasteiger partial charge in [0.2, 0.25) is 0 Å². The fourth-order valence-corrected chi connectivity index (χ4v) is 1.72. The van der Waals surface area contributed by atoms with Crippen molar-refractivity contribution >= 4 is 22.7 Å². The van der Waals surface area contributed by atoms with E-state index in [9.17, 15) is 5.11 Å². The third-order valence-corrected chi connectivity index (χ3v) is 2.63. The SMILES string of the molecule is Oc1ccccc1Oc1nc2ccc(Cl)cc2o1. The molecule has 0 bridgehead atoms. The number of oxazole rings is 1. The van der Waals surface area contributed by atoms with Crippen LogP contribution in [0.5, 0.6) is 17.6 Å². The molecule has 0 unspecified atom stereocenters. The zero-order valence-corrected chi connectivity index (χ0v) is 9.89. The Kier molecular flexibility index (Phi) is 2.57. The maximum Gasteiger partial charge on any atom is 0.400 e. The number of nitrogens with zero attached hydrogens (tertiary/aromatic N) is 1. The Labute approximate surface area is 107 Å². The van der Waals surface area contributed by atoms with E-state index in [1.54, 1.807) is 36.4 Å². The lowest BCUT2D eigenvalue weighted by Gasteiger charge is -2.01. The van der Waals surface area contributed by atoms with E-state index in [1.807, 2.05) is 0 Å². The van der Waals surface area contributed by atoms with Crippen molar-refractivity contribution in [1.82, 2.24) is 4.98 Å². The first kappa shape index (κ1) is 10.9. The van der Waals surface area contributed by atoms with Gasteiger partial charge >= 0.3 is 6.08 Å². The predicted octanol–water partition coefficient (Wildman–Crippen LogP) is 3.98. The number of phenols is 1. The van der Waals surface area contributed by atoms with Gasteiger partial charge in [-0.1, -0.05) is 23.7 Å². The number of fused-ring (bicyclic) bond motifs is 1. The monoisotopic (exact) mass is 261 g/mol. The number of rotatable bonds is 2. The zero-order chi connectivity index (χ0) is 12.5. The van der Waals surface area contributed by atoms with Crippen LogP contribution in [0.3, 0.4) is 0 Å². The summed E-state index contributed by atoms with van der Waals surface area (Å²) in [7, 11) is 0. The molecule has 0 aliphatic carbocycles. The second-order valence-corrected chi connectivity index (χ2v) is 4.10. The first-order chi connectivity index (χ1) is 8.72. The molecule has 5 heteroatoms. The Morgan fingerprint density at radius 2 is 2.00 bits per heavy atom. The number of phenolic OH excluding ortho intramolecular Hbond substituents is 1. The van der Waals surface area contributed by atoms with Crippen LogP contribution in [0.4, 0.5) is 0 Å². The lowest BCUT2D eigenvalue weighted by Crippen LogP contribution is -1.83. The second-order valence-electron chi connectivity index (χ2n) is 3.66. The Bertz CT molecular complexity index is 708. The van der Waals surface area contributed by atoms with Crippen LogP contribution in [0.2, 0.25) is 5.02 Å². The standard InChI is InChI=1S/C13H8ClNO3/c14-8-5-6-9-12(7-8)18-13(15-9)17-11-4-2-1-3-10(11)16/h1-7,16H. The first-order valence-electron chi connectivity index (χ1n) is 5.24. The molecule has 18 heavy (non-hydrogen) atoms. The van der Waals surface area contributed by atoms with Crippen LogP contribution in [0.15, 0.2) is 46.9 Å². The minimum Gasteiger partial charge on any atom is -0.504 e. The minimum absolute atomic E-state index is 0.0257. The molecule has 0 radical (unpaired) electrons. The molecule has 90 valence electrons.